The molecule has 0 spiro atoms. The van der Waals surface area contributed by atoms with Crippen molar-refractivity contribution in [3.63, 3.8) is 0 Å². The van der Waals surface area contributed by atoms with Gasteiger partial charge >= 0.3 is 0 Å². The Balaban J connectivity index is 3.26. The molecular formula is C10H2F6O3S. The van der Waals surface area contributed by atoms with Crippen molar-refractivity contribution >= 4 is 20.9 Å². The van der Waals surface area contributed by atoms with Crippen molar-refractivity contribution in [1.82, 2.24) is 0 Å². The molecule has 0 atom stereocenters. The Morgan fingerprint density at radius 2 is 1.30 bits per heavy atom. The summed E-state index contributed by atoms with van der Waals surface area (Å²) < 4.78 is 110. The quantitative estimate of drug-likeness (QED) is 0.381. The third-order valence-electron chi connectivity index (χ3n) is 2.47. The van der Waals surface area contributed by atoms with Gasteiger partial charge in [0, 0.05) is 10.8 Å². The summed E-state index contributed by atoms with van der Waals surface area (Å²) in [6, 6.07) is -0.0553. The number of halogens is 6. The topological polar surface area (TPSA) is 54.4 Å². The van der Waals surface area contributed by atoms with Crippen LogP contribution in [0.3, 0.4) is 0 Å². The summed E-state index contributed by atoms with van der Waals surface area (Å²) in [5.74, 6) is -13.4. The lowest BCUT2D eigenvalue weighted by atomic mass is 10.1. The van der Waals surface area contributed by atoms with E-state index < -0.39 is 60.7 Å². The molecule has 0 bridgehead atoms. The van der Waals surface area contributed by atoms with E-state index in [0.29, 0.717) is 0 Å². The Morgan fingerprint density at radius 3 is 1.80 bits per heavy atom. The molecule has 0 aromatic heterocycles. The lowest BCUT2D eigenvalue weighted by molar-refractivity contribution is 0.413. The van der Waals surface area contributed by atoms with Gasteiger partial charge in [0.15, 0.2) is 34.9 Å². The number of hydrogen-bond acceptors (Lipinski definition) is 2. The third-order valence-corrected chi connectivity index (χ3v) is 3.37. The molecular weight excluding hydrogens is 314 g/mol. The van der Waals surface area contributed by atoms with Crippen LogP contribution in [0.2, 0.25) is 0 Å². The van der Waals surface area contributed by atoms with Crippen LogP contribution in [0, 0.1) is 34.9 Å². The highest BCUT2D eigenvalue weighted by molar-refractivity contribution is 7.86. The fourth-order valence-corrected chi connectivity index (χ4v) is 2.44. The van der Waals surface area contributed by atoms with E-state index in [1.807, 2.05) is 0 Å². The molecule has 0 amide bonds. The molecule has 0 fully saturated rings. The number of hydrogen-bond donors (Lipinski definition) is 1. The van der Waals surface area contributed by atoms with Gasteiger partial charge in [-0.05, 0) is 6.07 Å². The number of rotatable bonds is 1. The van der Waals surface area contributed by atoms with E-state index in [4.69, 9.17) is 4.55 Å². The second-order valence-electron chi connectivity index (χ2n) is 3.66. The Morgan fingerprint density at radius 1 is 0.800 bits per heavy atom. The van der Waals surface area contributed by atoms with Crippen LogP contribution in [0.25, 0.3) is 10.8 Å². The molecule has 108 valence electrons. The minimum absolute atomic E-state index is 0.0553. The van der Waals surface area contributed by atoms with Gasteiger partial charge in [0.05, 0.1) is 0 Å². The largest absolute Gasteiger partial charge is 0.298 e. The first kappa shape index (κ1) is 14.6. The predicted molar refractivity (Wildman–Crippen MR) is 53.5 cm³/mol. The van der Waals surface area contributed by atoms with E-state index in [9.17, 15) is 34.8 Å². The molecule has 0 aliphatic heterocycles. The van der Waals surface area contributed by atoms with Crippen LogP contribution in [0.5, 0.6) is 0 Å². The number of benzene rings is 2. The van der Waals surface area contributed by atoms with E-state index in [1.54, 1.807) is 0 Å². The smallest absolute Gasteiger partial charge is 0.282 e. The zero-order valence-electron chi connectivity index (χ0n) is 9.02. The van der Waals surface area contributed by atoms with Gasteiger partial charge in [-0.2, -0.15) is 8.42 Å². The van der Waals surface area contributed by atoms with E-state index in [2.05, 4.69) is 0 Å². The Labute approximate surface area is 107 Å². The summed E-state index contributed by atoms with van der Waals surface area (Å²) in [4.78, 5) is -2.01. The molecule has 20 heavy (non-hydrogen) atoms. The van der Waals surface area contributed by atoms with Crippen LogP contribution in [0.4, 0.5) is 26.3 Å². The van der Waals surface area contributed by atoms with Crippen LogP contribution in [-0.2, 0) is 10.1 Å². The van der Waals surface area contributed by atoms with Crippen LogP contribution in [0.1, 0.15) is 0 Å². The van der Waals surface area contributed by atoms with Crippen molar-refractivity contribution in [1.29, 1.82) is 0 Å². The molecule has 2 aromatic rings. The van der Waals surface area contributed by atoms with E-state index in [0.717, 1.165) is 0 Å². The summed E-state index contributed by atoms with van der Waals surface area (Å²) in [5.41, 5.74) is 0. The summed E-state index contributed by atoms with van der Waals surface area (Å²) in [6.07, 6.45) is 0. The molecule has 0 radical (unpaired) electrons. The van der Waals surface area contributed by atoms with Gasteiger partial charge in [0.2, 0.25) is 0 Å². The van der Waals surface area contributed by atoms with Crippen LogP contribution < -0.4 is 0 Å². The first-order valence-corrected chi connectivity index (χ1v) is 6.12. The zero-order valence-corrected chi connectivity index (χ0v) is 9.83. The highest BCUT2D eigenvalue weighted by Gasteiger charge is 2.31. The molecule has 0 unspecified atom stereocenters. The van der Waals surface area contributed by atoms with Crippen molar-refractivity contribution in [2.45, 2.75) is 4.90 Å². The summed E-state index contributed by atoms with van der Waals surface area (Å²) in [5, 5.41) is -2.99. The van der Waals surface area contributed by atoms with Crippen molar-refractivity contribution in [2.75, 3.05) is 0 Å². The van der Waals surface area contributed by atoms with Gasteiger partial charge in [0.25, 0.3) is 10.1 Å². The molecule has 0 saturated heterocycles. The summed E-state index contributed by atoms with van der Waals surface area (Å²) in [7, 11) is -5.56. The average Bonchev–Trinajstić information content (AvgIpc) is 2.34. The lowest BCUT2D eigenvalue weighted by Gasteiger charge is -2.09. The normalized spacial score (nSPS) is 12.2. The number of fused-ring (bicyclic) bond motifs is 1. The van der Waals surface area contributed by atoms with Gasteiger partial charge in [0.1, 0.15) is 4.90 Å². The highest BCUT2D eigenvalue weighted by atomic mass is 32.2. The monoisotopic (exact) mass is 316 g/mol. The third kappa shape index (κ3) is 1.91. The standard InChI is InChI=1S/C10H2F6O3S/c11-3-1-2-4(10(6(3)13)20(17,18)19)7(14)9(16)8(15)5(2)12/h1H,(H,17,18,19). The summed E-state index contributed by atoms with van der Waals surface area (Å²) >= 11 is 0. The van der Waals surface area contributed by atoms with Crippen molar-refractivity contribution in [3.8, 4) is 0 Å². The minimum atomic E-state index is -5.56. The van der Waals surface area contributed by atoms with Gasteiger partial charge in [-0.25, -0.2) is 26.3 Å². The zero-order chi connectivity index (χ0) is 15.4. The molecule has 2 aromatic carbocycles. The minimum Gasteiger partial charge on any atom is -0.282 e. The maximum absolute atomic E-state index is 13.5. The second-order valence-corrected chi connectivity index (χ2v) is 5.01. The molecule has 0 saturated carbocycles. The van der Waals surface area contributed by atoms with Crippen molar-refractivity contribution in [3.05, 3.63) is 41.0 Å². The van der Waals surface area contributed by atoms with Gasteiger partial charge in [-0.3, -0.25) is 4.55 Å². The molecule has 0 aliphatic carbocycles. The van der Waals surface area contributed by atoms with Crippen LogP contribution >= 0.6 is 0 Å². The first-order valence-electron chi connectivity index (χ1n) is 4.68. The fourth-order valence-electron chi connectivity index (χ4n) is 1.66. The maximum Gasteiger partial charge on any atom is 0.298 e. The molecule has 0 heterocycles. The SMILES string of the molecule is O=S(=O)(O)c1c(F)c(F)cc2c(F)c(F)c(F)c(F)c12. The van der Waals surface area contributed by atoms with Crippen LogP contribution in [-0.4, -0.2) is 13.0 Å². The first-order chi connectivity index (χ1) is 9.07. The van der Waals surface area contributed by atoms with Gasteiger partial charge < -0.3 is 0 Å². The van der Waals surface area contributed by atoms with Crippen molar-refractivity contribution in [2.24, 2.45) is 0 Å². The Hall–Kier alpha value is -1.81. The van der Waals surface area contributed by atoms with Gasteiger partial charge in [-0.15, -0.1) is 0 Å². The Kier molecular flexibility index (Phi) is 3.17. The fraction of sp³-hybridized carbons (Fsp3) is 0. The van der Waals surface area contributed by atoms with Gasteiger partial charge in [-0.1, -0.05) is 0 Å². The van der Waals surface area contributed by atoms with E-state index in [1.165, 1.54) is 0 Å². The molecule has 2 rings (SSSR count). The molecule has 1 N–H and O–H groups in total. The predicted octanol–water partition coefficient (Wildman–Crippen LogP) is 2.92. The highest BCUT2D eigenvalue weighted by Crippen LogP contribution is 2.34. The maximum atomic E-state index is 13.5. The summed E-state index contributed by atoms with van der Waals surface area (Å²) in [6.45, 7) is 0. The average molecular weight is 316 g/mol. The van der Waals surface area contributed by atoms with Crippen LogP contribution in [0.15, 0.2) is 11.0 Å². The van der Waals surface area contributed by atoms with E-state index >= 15 is 0 Å². The lowest BCUT2D eigenvalue weighted by Crippen LogP contribution is -2.09. The molecule has 10 heteroatoms. The van der Waals surface area contributed by atoms with Crippen molar-refractivity contribution < 1.29 is 39.3 Å². The molecule has 3 nitrogen and oxygen atoms in total. The van der Waals surface area contributed by atoms with E-state index in [-0.39, 0.29) is 6.07 Å². The molecule has 0 aliphatic rings. The second kappa shape index (κ2) is 4.35. The Bertz CT molecular complexity index is 846.